The van der Waals surface area contributed by atoms with Gasteiger partial charge in [-0.15, -0.1) is 0 Å². The molecule has 0 radical (unpaired) electrons. The Kier molecular flexibility index (Phi) is 3.88. The van der Waals surface area contributed by atoms with Gasteiger partial charge in [0.2, 0.25) is 0 Å². The first-order chi connectivity index (χ1) is 11.0. The SMILES string of the molecule is CN1CC2CN([C@H]3CO[C@H](c4cc(F)ccc4F)[C@@H](N)C3)CC21. The van der Waals surface area contributed by atoms with Crippen LogP contribution >= 0.6 is 0 Å². The lowest BCUT2D eigenvalue weighted by Crippen LogP contribution is -2.53. The highest BCUT2D eigenvalue weighted by Crippen LogP contribution is 2.36. The van der Waals surface area contributed by atoms with Crippen molar-refractivity contribution in [3.05, 3.63) is 35.4 Å². The largest absolute Gasteiger partial charge is 0.370 e. The van der Waals surface area contributed by atoms with Crippen molar-refractivity contribution in [3.8, 4) is 0 Å². The van der Waals surface area contributed by atoms with Gasteiger partial charge in [0.25, 0.3) is 0 Å². The molecule has 1 aromatic carbocycles. The summed E-state index contributed by atoms with van der Waals surface area (Å²) in [4.78, 5) is 4.84. The molecule has 3 heterocycles. The van der Waals surface area contributed by atoms with E-state index >= 15 is 0 Å². The summed E-state index contributed by atoms with van der Waals surface area (Å²) in [5.74, 6) is -0.153. The number of likely N-dealkylation sites (N-methyl/N-ethyl adjacent to an activating group) is 1. The van der Waals surface area contributed by atoms with Crippen molar-refractivity contribution < 1.29 is 13.5 Å². The van der Waals surface area contributed by atoms with Gasteiger partial charge >= 0.3 is 0 Å². The number of benzene rings is 1. The van der Waals surface area contributed by atoms with Crippen molar-refractivity contribution in [1.29, 1.82) is 0 Å². The van der Waals surface area contributed by atoms with Crippen molar-refractivity contribution in [3.63, 3.8) is 0 Å². The second kappa shape index (κ2) is 5.77. The summed E-state index contributed by atoms with van der Waals surface area (Å²) in [6.45, 7) is 3.84. The Labute approximate surface area is 135 Å². The van der Waals surface area contributed by atoms with Crippen LogP contribution in [0.15, 0.2) is 18.2 Å². The van der Waals surface area contributed by atoms with Gasteiger partial charge in [0.05, 0.1) is 6.61 Å². The smallest absolute Gasteiger partial charge is 0.129 e. The first-order valence-corrected chi connectivity index (χ1v) is 8.29. The molecule has 3 aliphatic rings. The Morgan fingerprint density at radius 2 is 2.04 bits per heavy atom. The number of ether oxygens (including phenoxy) is 1. The monoisotopic (exact) mass is 323 g/mol. The molecule has 2 N–H and O–H groups in total. The van der Waals surface area contributed by atoms with Crippen LogP contribution in [-0.4, -0.2) is 61.2 Å². The minimum Gasteiger partial charge on any atom is -0.370 e. The summed E-state index contributed by atoms with van der Waals surface area (Å²) in [5, 5.41) is 0. The molecule has 4 rings (SSSR count). The number of likely N-dealkylation sites (tertiary alicyclic amines) is 2. The third-order valence-corrected chi connectivity index (χ3v) is 5.71. The molecule has 6 heteroatoms. The minimum atomic E-state index is -0.566. The highest BCUT2D eigenvalue weighted by molar-refractivity contribution is 5.23. The number of nitrogens with zero attached hydrogens (tertiary/aromatic N) is 2. The fraction of sp³-hybridized carbons (Fsp3) is 0.647. The Bertz CT molecular complexity index is 599. The molecule has 0 bridgehead atoms. The molecular formula is C17H23F2N3O. The molecule has 3 fully saturated rings. The van der Waals surface area contributed by atoms with E-state index in [1.807, 2.05) is 0 Å². The van der Waals surface area contributed by atoms with Crippen LogP contribution < -0.4 is 5.73 Å². The molecule has 0 spiro atoms. The lowest BCUT2D eigenvalue weighted by Gasteiger charge is -2.40. The quantitative estimate of drug-likeness (QED) is 0.893. The third kappa shape index (κ3) is 2.67. The van der Waals surface area contributed by atoms with E-state index < -0.39 is 17.7 Å². The summed E-state index contributed by atoms with van der Waals surface area (Å²) in [6, 6.07) is 4.07. The maximum absolute atomic E-state index is 14.0. The van der Waals surface area contributed by atoms with Crippen molar-refractivity contribution in [2.75, 3.05) is 33.3 Å². The molecule has 126 valence electrons. The highest BCUT2D eigenvalue weighted by Gasteiger charge is 2.46. The zero-order chi connectivity index (χ0) is 16.1. The number of fused-ring (bicyclic) bond motifs is 1. The van der Waals surface area contributed by atoms with E-state index in [2.05, 4.69) is 16.8 Å². The van der Waals surface area contributed by atoms with E-state index in [-0.39, 0.29) is 17.6 Å². The van der Waals surface area contributed by atoms with Gasteiger partial charge in [0.15, 0.2) is 0 Å². The van der Waals surface area contributed by atoms with E-state index in [0.717, 1.165) is 44.1 Å². The average Bonchev–Trinajstić information content (AvgIpc) is 2.87. The number of hydrogen-bond donors (Lipinski definition) is 1. The maximum atomic E-state index is 14.0. The van der Waals surface area contributed by atoms with Gasteiger partial charge in [-0.25, -0.2) is 8.78 Å². The molecule has 3 aliphatic heterocycles. The molecule has 1 aromatic rings. The van der Waals surface area contributed by atoms with E-state index in [0.29, 0.717) is 12.6 Å². The topological polar surface area (TPSA) is 41.7 Å². The second-order valence-electron chi connectivity index (χ2n) is 7.19. The first-order valence-electron chi connectivity index (χ1n) is 8.29. The molecule has 23 heavy (non-hydrogen) atoms. The highest BCUT2D eigenvalue weighted by atomic mass is 19.1. The van der Waals surface area contributed by atoms with E-state index in [1.165, 1.54) is 6.07 Å². The van der Waals surface area contributed by atoms with Crippen LogP contribution in [-0.2, 0) is 4.74 Å². The lowest BCUT2D eigenvalue weighted by molar-refractivity contribution is -0.0475. The van der Waals surface area contributed by atoms with Crippen LogP contribution in [0.4, 0.5) is 8.78 Å². The summed E-state index contributed by atoms with van der Waals surface area (Å²) < 4.78 is 33.2. The maximum Gasteiger partial charge on any atom is 0.129 e. The molecule has 0 amide bonds. The number of rotatable bonds is 2. The zero-order valence-electron chi connectivity index (χ0n) is 13.3. The molecule has 0 aromatic heterocycles. The zero-order valence-corrected chi connectivity index (χ0v) is 13.3. The predicted molar refractivity (Wildman–Crippen MR) is 82.9 cm³/mol. The molecule has 4 nitrogen and oxygen atoms in total. The molecule has 5 atom stereocenters. The molecule has 3 saturated heterocycles. The molecule has 2 unspecified atom stereocenters. The summed E-state index contributed by atoms with van der Waals surface area (Å²) in [5.41, 5.74) is 6.48. The van der Waals surface area contributed by atoms with Crippen LogP contribution in [0.1, 0.15) is 18.1 Å². The molecular weight excluding hydrogens is 300 g/mol. The van der Waals surface area contributed by atoms with Gasteiger partial charge in [-0.3, -0.25) is 4.90 Å². The Hall–Kier alpha value is -1.08. The number of nitrogens with two attached hydrogens (primary N) is 1. The van der Waals surface area contributed by atoms with Gasteiger partial charge in [-0.05, 0) is 31.7 Å². The van der Waals surface area contributed by atoms with E-state index in [4.69, 9.17) is 10.5 Å². The fourth-order valence-electron chi connectivity index (χ4n) is 4.38. The van der Waals surface area contributed by atoms with Crippen LogP contribution in [0.2, 0.25) is 0 Å². The van der Waals surface area contributed by atoms with Gasteiger partial charge in [0, 0.05) is 49.2 Å². The summed E-state index contributed by atoms with van der Waals surface area (Å²) >= 11 is 0. The van der Waals surface area contributed by atoms with Gasteiger partial charge < -0.3 is 15.4 Å². The van der Waals surface area contributed by atoms with E-state index in [1.54, 1.807) is 0 Å². The predicted octanol–water partition coefficient (Wildman–Crippen LogP) is 1.37. The fourth-order valence-corrected chi connectivity index (χ4v) is 4.38. The summed E-state index contributed by atoms with van der Waals surface area (Å²) in [6.07, 6.45) is 0.188. The van der Waals surface area contributed by atoms with Crippen molar-refractivity contribution in [2.45, 2.75) is 30.7 Å². The van der Waals surface area contributed by atoms with Crippen molar-refractivity contribution in [1.82, 2.24) is 9.80 Å². The van der Waals surface area contributed by atoms with Gasteiger partial charge in [-0.2, -0.15) is 0 Å². The van der Waals surface area contributed by atoms with E-state index in [9.17, 15) is 8.78 Å². The van der Waals surface area contributed by atoms with Gasteiger partial charge in [0.1, 0.15) is 17.7 Å². The number of hydrogen-bond acceptors (Lipinski definition) is 4. The molecule has 0 aliphatic carbocycles. The van der Waals surface area contributed by atoms with Crippen molar-refractivity contribution in [2.24, 2.45) is 11.7 Å². The third-order valence-electron chi connectivity index (χ3n) is 5.71. The second-order valence-corrected chi connectivity index (χ2v) is 7.19. The molecule has 0 saturated carbocycles. The van der Waals surface area contributed by atoms with Crippen molar-refractivity contribution >= 4 is 0 Å². The first kappa shape index (κ1) is 15.4. The minimum absolute atomic E-state index is 0.233. The van der Waals surface area contributed by atoms with Crippen LogP contribution in [0.25, 0.3) is 0 Å². The van der Waals surface area contributed by atoms with Crippen LogP contribution in [0.3, 0.4) is 0 Å². The van der Waals surface area contributed by atoms with Crippen LogP contribution in [0.5, 0.6) is 0 Å². The normalized spacial score (nSPS) is 38.3. The lowest BCUT2D eigenvalue weighted by atomic mass is 9.93. The van der Waals surface area contributed by atoms with Gasteiger partial charge in [-0.1, -0.05) is 0 Å². The van der Waals surface area contributed by atoms with Crippen LogP contribution in [0, 0.1) is 17.6 Å². The Morgan fingerprint density at radius 1 is 1.22 bits per heavy atom. The Morgan fingerprint density at radius 3 is 2.74 bits per heavy atom. The average molecular weight is 323 g/mol. The standard InChI is InChI=1S/C17H23F2N3O/c1-21-6-10-7-22(8-16(10)21)12-5-15(20)17(23-9-12)13-4-11(18)2-3-14(13)19/h2-4,10,12,15-17H,5-9,20H2,1H3/t10?,12-,15+,16?,17-/m1/s1. The summed E-state index contributed by atoms with van der Waals surface area (Å²) in [7, 11) is 2.16. The Balaban J connectivity index is 1.43. The number of halogens is 2.